The number of aryl methyl sites for hydroxylation is 3. The van der Waals surface area contributed by atoms with Crippen LogP contribution in [0.2, 0.25) is 0 Å². The fourth-order valence-electron chi connectivity index (χ4n) is 2.86. The van der Waals surface area contributed by atoms with Crippen molar-refractivity contribution in [2.45, 2.75) is 20.8 Å². The second-order valence-electron chi connectivity index (χ2n) is 6.28. The molecule has 0 bridgehead atoms. The Kier molecular flexibility index (Phi) is 4.20. The van der Waals surface area contributed by atoms with Crippen LogP contribution in [0.4, 0.5) is 0 Å². The fourth-order valence-corrected chi connectivity index (χ4v) is 5.77. The molecule has 1 nitrogen and oxygen atoms in total. The third kappa shape index (κ3) is 3.00. The van der Waals surface area contributed by atoms with Gasteiger partial charge in [-0.15, -0.1) is 0 Å². The van der Waals surface area contributed by atoms with Gasteiger partial charge < -0.3 is 0 Å². The van der Waals surface area contributed by atoms with E-state index < -0.39 is 8.32 Å². The van der Waals surface area contributed by atoms with Gasteiger partial charge in [0.15, 0.2) is 0 Å². The number of hydrogen-bond donors (Lipinski definition) is 0. The Bertz CT molecular complexity index is 676. The van der Waals surface area contributed by atoms with Crippen LogP contribution in [0.3, 0.4) is 0 Å². The van der Waals surface area contributed by atoms with Gasteiger partial charge in [-0.2, -0.15) is 0 Å². The minimum Gasteiger partial charge on any atom is -0.279 e. The standard InChI is InChI=1S/C21H21OSi/c1-16-4-10-19(11-5-16)23(22,20-12-6-17(2)7-13-20)21-14-8-18(3)9-15-21/h4-15H,1-3H3. The molecule has 0 atom stereocenters. The Morgan fingerprint density at radius 2 is 0.696 bits per heavy atom. The summed E-state index contributed by atoms with van der Waals surface area (Å²) in [6.07, 6.45) is 0. The molecule has 0 heterocycles. The maximum Gasteiger partial charge on any atom is 0.329 e. The number of benzene rings is 3. The monoisotopic (exact) mass is 317 g/mol. The summed E-state index contributed by atoms with van der Waals surface area (Å²) in [4.78, 5) is 14.2. The van der Waals surface area contributed by atoms with Gasteiger partial charge in [0.25, 0.3) is 0 Å². The van der Waals surface area contributed by atoms with Crippen LogP contribution >= 0.6 is 0 Å². The highest BCUT2D eigenvalue weighted by Crippen LogP contribution is 2.08. The van der Waals surface area contributed by atoms with E-state index in [0.29, 0.717) is 0 Å². The van der Waals surface area contributed by atoms with Gasteiger partial charge in [-0.1, -0.05) is 89.5 Å². The molecule has 0 spiro atoms. The van der Waals surface area contributed by atoms with E-state index in [0.717, 1.165) is 15.6 Å². The normalized spacial score (nSPS) is 11.5. The predicted octanol–water partition coefficient (Wildman–Crippen LogP) is 3.01. The van der Waals surface area contributed by atoms with Crippen molar-refractivity contribution in [3.8, 4) is 0 Å². The van der Waals surface area contributed by atoms with Crippen LogP contribution in [0.15, 0.2) is 72.8 Å². The first-order chi connectivity index (χ1) is 11.0. The van der Waals surface area contributed by atoms with Gasteiger partial charge in [0.1, 0.15) is 0 Å². The molecule has 0 amide bonds. The van der Waals surface area contributed by atoms with Gasteiger partial charge in [0, 0.05) is 0 Å². The van der Waals surface area contributed by atoms with Gasteiger partial charge in [-0.3, -0.25) is 4.80 Å². The van der Waals surface area contributed by atoms with E-state index in [-0.39, 0.29) is 0 Å². The Morgan fingerprint density at radius 3 is 0.913 bits per heavy atom. The molecule has 0 unspecified atom stereocenters. The number of rotatable bonds is 3. The van der Waals surface area contributed by atoms with E-state index in [1.807, 2.05) is 72.8 Å². The molecule has 0 aliphatic rings. The van der Waals surface area contributed by atoms with Crippen LogP contribution in [0.1, 0.15) is 16.7 Å². The molecule has 3 rings (SSSR count). The first kappa shape index (κ1) is 15.7. The lowest BCUT2D eigenvalue weighted by molar-refractivity contribution is 0.455. The minimum atomic E-state index is -3.20. The molecule has 3 aromatic rings. The lowest BCUT2D eigenvalue weighted by atomic mass is 10.2. The maximum absolute atomic E-state index is 14.2. The average molecular weight is 317 g/mol. The van der Waals surface area contributed by atoms with Crippen molar-refractivity contribution >= 4 is 23.9 Å². The largest absolute Gasteiger partial charge is 0.329 e. The zero-order valence-electron chi connectivity index (χ0n) is 13.8. The van der Waals surface area contributed by atoms with Gasteiger partial charge in [0.05, 0.1) is 0 Å². The highest BCUT2D eigenvalue weighted by atomic mass is 28.4. The summed E-state index contributed by atoms with van der Waals surface area (Å²) < 4.78 is 0. The Balaban J connectivity index is 2.21. The Hall–Kier alpha value is -2.16. The second-order valence-corrected chi connectivity index (χ2v) is 9.37. The summed E-state index contributed by atoms with van der Waals surface area (Å²) in [5, 5.41) is 2.74. The van der Waals surface area contributed by atoms with Crippen molar-refractivity contribution < 1.29 is 4.80 Å². The molecule has 0 N–H and O–H groups in total. The highest BCUT2D eigenvalue weighted by Gasteiger charge is 2.40. The van der Waals surface area contributed by atoms with E-state index in [9.17, 15) is 4.80 Å². The van der Waals surface area contributed by atoms with Gasteiger partial charge in [0.2, 0.25) is 0 Å². The van der Waals surface area contributed by atoms with Gasteiger partial charge >= 0.3 is 8.32 Å². The Morgan fingerprint density at radius 1 is 0.478 bits per heavy atom. The lowest BCUT2D eigenvalue weighted by Gasteiger charge is -2.25. The van der Waals surface area contributed by atoms with Crippen molar-refractivity contribution in [2.75, 3.05) is 0 Å². The minimum absolute atomic E-state index is 0.913. The molecule has 115 valence electrons. The molecule has 2 heteroatoms. The fraction of sp³-hybridized carbons (Fsp3) is 0.143. The third-order valence-corrected chi connectivity index (χ3v) is 7.81. The average Bonchev–Trinajstić information content (AvgIpc) is 2.56. The SMILES string of the molecule is Cc1ccc([Si]([O])(c2ccc(C)cc2)c2ccc(C)cc2)cc1. The zero-order chi connectivity index (χ0) is 16.4. The maximum atomic E-state index is 14.2. The smallest absolute Gasteiger partial charge is 0.279 e. The molecule has 0 saturated heterocycles. The van der Waals surface area contributed by atoms with Crippen LogP contribution in [-0.2, 0) is 4.80 Å². The molecule has 0 aromatic heterocycles. The van der Waals surface area contributed by atoms with E-state index in [1.165, 1.54) is 16.7 Å². The number of hydrogen-bond acceptors (Lipinski definition) is 0. The molecule has 0 aliphatic carbocycles. The van der Waals surface area contributed by atoms with Crippen molar-refractivity contribution in [3.05, 3.63) is 89.5 Å². The topological polar surface area (TPSA) is 19.9 Å². The predicted molar refractivity (Wildman–Crippen MR) is 98.9 cm³/mol. The second kappa shape index (κ2) is 6.15. The van der Waals surface area contributed by atoms with Crippen LogP contribution in [0.5, 0.6) is 0 Å². The molecular formula is C21H21OSi. The summed E-state index contributed by atoms with van der Waals surface area (Å²) >= 11 is 0. The molecule has 23 heavy (non-hydrogen) atoms. The third-order valence-electron chi connectivity index (χ3n) is 4.37. The van der Waals surface area contributed by atoms with Gasteiger partial charge in [-0.05, 0) is 36.3 Å². The van der Waals surface area contributed by atoms with Crippen molar-refractivity contribution in [3.63, 3.8) is 0 Å². The van der Waals surface area contributed by atoms with Crippen LogP contribution < -0.4 is 15.6 Å². The van der Waals surface area contributed by atoms with Crippen molar-refractivity contribution in [1.29, 1.82) is 0 Å². The van der Waals surface area contributed by atoms with Crippen molar-refractivity contribution in [2.24, 2.45) is 0 Å². The van der Waals surface area contributed by atoms with E-state index >= 15 is 0 Å². The van der Waals surface area contributed by atoms with Gasteiger partial charge in [-0.25, -0.2) is 0 Å². The van der Waals surface area contributed by atoms with Crippen LogP contribution in [0.25, 0.3) is 0 Å². The van der Waals surface area contributed by atoms with Crippen LogP contribution in [0, 0.1) is 20.8 Å². The van der Waals surface area contributed by atoms with Crippen LogP contribution in [-0.4, -0.2) is 8.32 Å². The summed E-state index contributed by atoms with van der Waals surface area (Å²) in [5.41, 5.74) is 3.54. The highest BCUT2D eigenvalue weighted by molar-refractivity contribution is 7.05. The first-order valence-electron chi connectivity index (χ1n) is 7.92. The Labute approximate surface area is 139 Å². The lowest BCUT2D eigenvalue weighted by Crippen LogP contribution is -2.66. The van der Waals surface area contributed by atoms with E-state index in [4.69, 9.17) is 0 Å². The molecule has 0 saturated carbocycles. The van der Waals surface area contributed by atoms with E-state index in [2.05, 4.69) is 20.8 Å². The quantitative estimate of drug-likeness (QED) is 0.523. The first-order valence-corrected chi connectivity index (χ1v) is 9.83. The summed E-state index contributed by atoms with van der Waals surface area (Å²) in [5.74, 6) is 0. The summed E-state index contributed by atoms with van der Waals surface area (Å²) in [6, 6.07) is 24.3. The molecule has 0 aliphatic heterocycles. The zero-order valence-corrected chi connectivity index (χ0v) is 14.8. The molecule has 1 radical (unpaired) electrons. The summed E-state index contributed by atoms with van der Waals surface area (Å²) in [6.45, 7) is 6.15. The molecular weight excluding hydrogens is 296 g/mol. The van der Waals surface area contributed by atoms with E-state index in [1.54, 1.807) is 0 Å². The molecule has 3 aromatic carbocycles. The van der Waals surface area contributed by atoms with Crippen molar-refractivity contribution in [1.82, 2.24) is 0 Å². The summed E-state index contributed by atoms with van der Waals surface area (Å²) in [7, 11) is -3.20. The molecule has 0 fully saturated rings.